The molecule has 4 nitrogen and oxygen atoms in total. The molecule has 1 saturated heterocycles. The number of amides is 2. The molecule has 2 N–H and O–H groups in total. The average Bonchev–Trinajstić information content (AvgIpc) is 2.59. The maximum absolute atomic E-state index is 12.2. The molecule has 4 heteroatoms. The summed E-state index contributed by atoms with van der Waals surface area (Å²) in [6, 6.07) is 0.0572. The van der Waals surface area contributed by atoms with Gasteiger partial charge >= 0.3 is 0 Å². The molecule has 1 aliphatic heterocycles. The van der Waals surface area contributed by atoms with Gasteiger partial charge in [-0.05, 0) is 50.5 Å². The van der Waals surface area contributed by atoms with Crippen LogP contribution in [-0.4, -0.2) is 29.3 Å². The van der Waals surface area contributed by atoms with Crippen molar-refractivity contribution in [1.29, 1.82) is 0 Å². The summed E-state index contributed by atoms with van der Waals surface area (Å²) in [6.45, 7) is 2.77. The van der Waals surface area contributed by atoms with E-state index in [4.69, 9.17) is 5.73 Å². The van der Waals surface area contributed by atoms with Gasteiger partial charge in [-0.3, -0.25) is 14.5 Å². The van der Waals surface area contributed by atoms with Crippen molar-refractivity contribution in [3.63, 3.8) is 0 Å². The maximum Gasteiger partial charge on any atom is 0.229 e. The van der Waals surface area contributed by atoms with Crippen LogP contribution >= 0.6 is 0 Å². The second-order valence-electron chi connectivity index (χ2n) is 6.02. The third kappa shape index (κ3) is 3.16. The minimum Gasteiger partial charge on any atom is -0.330 e. The van der Waals surface area contributed by atoms with Crippen LogP contribution in [-0.2, 0) is 9.59 Å². The van der Waals surface area contributed by atoms with Gasteiger partial charge in [-0.1, -0.05) is 13.3 Å². The number of rotatable bonds is 3. The van der Waals surface area contributed by atoms with Crippen LogP contribution in [0.3, 0.4) is 0 Å². The Morgan fingerprint density at radius 2 is 1.79 bits per heavy atom. The smallest absolute Gasteiger partial charge is 0.229 e. The van der Waals surface area contributed by atoms with E-state index in [0.717, 1.165) is 32.1 Å². The molecule has 2 aliphatic rings. The fraction of sp³-hybridized carbons (Fsp3) is 0.867. The van der Waals surface area contributed by atoms with Crippen LogP contribution in [0.1, 0.15) is 58.3 Å². The number of carbonyl (C=O) groups is 2. The summed E-state index contributed by atoms with van der Waals surface area (Å²) < 4.78 is 0. The van der Waals surface area contributed by atoms with E-state index in [0.29, 0.717) is 31.2 Å². The number of hydrogen-bond donors (Lipinski definition) is 1. The summed E-state index contributed by atoms with van der Waals surface area (Å²) in [5, 5.41) is 0. The van der Waals surface area contributed by atoms with Crippen LogP contribution < -0.4 is 5.73 Å². The van der Waals surface area contributed by atoms with Crippen molar-refractivity contribution < 1.29 is 9.59 Å². The number of imide groups is 1. The largest absolute Gasteiger partial charge is 0.330 e. The molecule has 2 fully saturated rings. The molecular weight excluding hydrogens is 240 g/mol. The first-order valence-electron chi connectivity index (χ1n) is 7.72. The van der Waals surface area contributed by atoms with Gasteiger partial charge in [0.15, 0.2) is 0 Å². The zero-order valence-electron chi connectivity index (χ0n) is 11.9. The van der Waals surface area contributed by atoms with Gasteiger partial charge in [0.05, 0.1) is 0 Å². The molecule has 19 heavy (non-hydrogen) atoms. The summed E-state index contributed by atoms with van der Waals surface area (Å²) in [7, 11) is 0. The minimum atomic E-state index is 0.0303. The highest BCUT2D eigenvalue weighted by molar-refractivity contribution is 5.96. The summed E-state index contributed by atoms with van der Waals surface area (Å²) in [5.74, 6) is 0.996. The SMILES string of the molecule is CCC1CCC(CN)C(N2C(=O)CCCCC2=O)C1. The van der Waals surface area contributed by atoms with E-state index in [-0.39, 0.29) is 17.9 Å². The van der Waals surface area contributed by atoms with Crippen LogP contribution in [0.15, 0.2) is 0 Å². The van der Waals surface area contributed by atoms with Crippen LogP contribution in [0.25, 0.3) is 0 Å². The molecule has 3 unspecified atom stereocenters. The summed E-state index contributed by atoms with van der Waals surface area (Å²) >= 11 is 0. The van der Waals surface area contributed by atoms with Gasteiger partial charge in [0.1, 0.15) is 0 Å². The summed E-state index contributed by atoms with van der Waals surface area (Å²) in [5.41, 5.74) is 5.87. The molecule has 0 spiro atoms. The van der Waals surface area contributed by atoms with E-state index >= 15 is 0 Å². The van der Waals surface area contributed by atoms with E-state index < -0.39 is 0 Å². The predicted octanol–water partition coefficient (Wildman–Crippen LogP) is 2.07. The van der Waals surface area contributed by atoms with Crippen molar-refractivity contribution in [3.05, 3.63) is 0 Å². The van der Waals surface area contributed by atoms with Crippen molar-refractivity contribution in [2.45, 2.75) is 64.3 Å². The predicted molar refractivity (Wildman–Crippen MR) is 74.3 cm³/mol. The molecule has 2 amide bonds. The average molecular weight is 266 g/mol. The van der Waals surface area contributed by atoms with Gasteiger partial charge in [-0.25, -0.2) is 0 Å². The zero-order valence-corrected chi connectivity index (χ0v) is 11.9. The van der Waals surface area contributed by atoms with E-state index in [1.54, 1.807) is 4.90 Å². The second kappa shape index (κ2) is 6.51. The fourth-order valence-electron chi connectivity index (χ4n) is 3.56. The van der Waals surface area contributed by atoms with Crippen molar-refractivity contribution in [2.24, 2.45) is 17.6 Å². The normalized spacial score (nSPS) is 33.4. The van der Waals surface area contributed by atoms with Crippen molar-refractivity contribution in [3.8, 4) is 0 Å². The third-order valence-corrected chi connectivity index (χ3v) is 4.85. The molecular formula is C15H26N2O2. The molecule has 1 aliphatic carbocycles. The lowest BCUT2D eigenvalue weighted by molar-refractivity contribution is -0.149. The molecule has 1 saturated carbocycles. The highest BCUT2D eigenvalue weighted by Crippen LogP contribution is 2.35. The third-order valence-electron chi connectivity index (χ3n) is 4.85. The van der Waals surface area contributed by atoms with Gasteiger partial charge in [0, 0.05) is 18.9 Å². The van der Waals surface area contributed by atoms with E-state index in [1.165, 1.54) is 6.42 Å². The Morgan fingerprint density at radius 3 is 2.32 bits per heavy atom. The number of hydrogen-bond acceptors (Lipinski definition) is 3. The van der Waals surface area contributed by atoms with Gasteiger partial charge in [-0.2, -0.15) is 0 Å². The van der Waals surface area contributed by atoms with Crippen LogP contribution in [0.5, 0.6) is 0 Å². The minimum absolute atomic E-state index is 0.0303. The molecule has 108 valence electrons. The van der Waals surface area contributed by atoms with Crippen LogP contribution in [0, 0.1) is 11.8 Å². The quantitative estimate of drug-likeness (QED) is 0.795. The first-order chi connectivity index (χ1) is 9.17. The molecule has 0 radical (unpaired) electrons. The standard InChI is InChI=1S/C15H26N2O2/c1-2-11-7-8-12(10-16)13(9-11)17-14(18)5-3-4-6-15(17)19/h11-13H,2-10,16H2,1H3. The summed E-state index contributed by atoms with van der Waals surface area (Å²) in [4.78, 5) is 26.1. The Morgan fingerprint density at radius 1 is 1.16 bits per heavy atom. The van der Waals surface area contributed by atoms with Gasteiger partial charge in [-0.15, -0.1) is 0 Å². The zero-order chi connectivity index (χ0) is 13.8. The van der Waals surface area contributed by atoms with E-state index in [1.807, 2.05) is 0 Å². The monoisotopic (exact) mass is 266 g/mol. The highest BCUT2D eigenvalue weighted by atomic mass is 16.2. The molecule has 0 aromatic rings. The van der Waals surface area contributed by atoms with Crippen LogP contribution in [0.2, 0.25) is 0 Å². The van der Waals surface area contributed by atoms with Gasteiger partial charge < -0.3 is 5.73 Å². The Kier molecular flexibility index (Phi) is 4.97. The van der Waals surface area contributed by atoms with E-state index in [9.17, 15) is 9.59 Å². The molecule has 0 aromatic heterocycles. The molecule has 3 atom stereocenters. The highest BCUT2D eigenvalue weighted by Gasteiger charge is 2.38. The number of nitrogens with two attached hydrogens (primary N) is 1. The van der Waals surface area contributed by atoms with Crippen molar-refractivity contribution >= 4 is 11.8 Å². The van der Waals surface area contributed by atoms with Crippen LogP contribution in [0.4, 0.5) is 0 Å². The molecule has 0 aromatic carbocycles. The van der Waals surface area contributed by atoms with Crippen molar-refractivity contribution in [2.75, 3.05) is 6.54 Å². The lowest BCUT2D eigenvalue weighted by Crippen LogP contribution is -2.51. The topological polar surface area (TPSA) is 63.4 Å². The maximum atomic E-state index is 12.2. The number of likely N-dealkylation sites (tertiary alicyclic amines) is 1. The Labute approximate surface area is 115 Å². The first-order valence-corrected chi connectivity index (χ1v) is 7.72. The Hall–Kier alpha value is -0.900. The molecule has 1 heterocycles. The Bertz CT molecular complexity index is 325. The number of nitrogens with zero attached hydrogens (tertiary/aromatic N) is 1. The second-order valence-corrected chi connectivity index (χ2v) is 6.02. The van der Waals surface area contributed by atoms with Gasteiger partial charge in [0.2, 0.25) is 11.8 Å². The van der Waals surface area contributed by atoms with Crippen molar-refractivity contribution in [1.82, 2.24) is 4.90 Å². The Balaban J connectivity index is 2.18. The fourth-order valence-corrected chi connectivity index (χ4v) is 3.56. The molecule has 2 rings (SSSR count). The lowest BCUT2D eigenvalue weighted by atomic mass is 9.76. The first kappa shape index (κ1) is 14.5. The lowest BCUT2D eigenvalue weighted by Gasteiger charge is -2.41. The molecule has 0 bridgehead atoms. The summed E-state index contributed by atoms with van der Waals surface area (Å²) in [6.07, 6.45) is 7.06. The van der Waals surface area contributed by atoms with Gasteiger partial charge in [0.25, 0.3) is 0 Å². The van der Waals surface area contributed by atoms with E-state index in [2.05, 4.69) is 6.92 Å². The number of carbonyl (C=O) groups excluding carboxylic acids is 2.